The number of carbonyl (C=O) groups is 2. The van der Waals surface area contributed by atoms with Crippen LogP contribution < -0.4 is 20.7 Å². The van der Waals surface area contributed by atoms with E-state index in [9.17, 15) is 9.59 Å². The van der Waals surface area contributed by atoms with Crippen molar-refractivity contribution < 1.29 is 14.3 Å². The summed E-state index contributed by atoms with van der Waals surface area (Å²) in [6.45, 7) is 0.645. The maximum atomic E-state index is 12.9. The van der Waals surface area contributed by atoms with Crippen molar-refractivity contribution in [3.05, 3.63) is 83.9 Å². The molecule has 0 aromatic heterocycles. The Kier molecular flexibility index (Phi) is 7.83. The fourth-order valence-corrected chi connectivity index (χ4v) is 3.14. The second-order valence-corrected chi connectivity index (χ2v) is 7.57. The molecule has 0 spiro atoms. The Labute approximate surface area is 188 Å². The molecule has 7 heteroatoms. The lowest BCUT2D eigenvalue weighted by atomic mass is 10.1. The second-order valence-electron chi connectivity index (χ2n) is 7.57. The molecule has 3 N–H and O–H groups in total. The molecule has 0 unspecified atom stereocenters. The lowest BCUT2D eigenvalue weighted by molar-refractivity contribution is -0.116. The van der Waals surface area contributed by atoms with Gasteiger partial charge in [-0.25, -0.2) is 0 Å². The van der Waals surface area contributed by atoms with Crippen molar-refractivity contribution in [2.24, 2.45) is 0 Å². The van der Waals surface area contributed by atoms with E-state index in [0.29, 0.717) is 30.0 Å². The molecule has 0 fully saturated rings. The molecule has 0 saturated heterocycles. The van der Waals surface area contributed by atoms with Gasteiger partial charge in [-0.2, -0.15) is 0 Å². The van der Waals surface area contributed by atoms with E-state index in [0.717, 1.165) is 17.0 Å². The van der Waals surface area contributed by atoms with Gasteiger partial charge in [0.05, 0.1) is 24.9 Å². The third kappa shape index (κ3) is 6.58. The summed E-state index contributed by atoms with van der Waals surface area (Å²) < 4.78 is 5.18. The maximum absolute atomic E-state index is 12.9. The number of methoxy groups -OCH3 is 1. The number of benzene rings is 3. The van der Waals surface area contributed by atoms with Crippen LogP contribution in [0.25, 0.3) is 0 Å². The molecule has 2 amide bonds. The minimum atomic E-state index is -0.191. The molecule has 3 rings (SSSR count). The van der Waals surface area contributed by atoms with Crippen molar-refractivity contribution in [1.82, 2.24) is 10.2 Å². The summed E-state index contributed by atoms with van der Waals surface area (Å²) in [6, 6.07) is 22.3. The SMILES string of the molecule is COc1ccc(Nc2ccccc2C(=O)NCc2cccc(NC(=O)CN(C)C)c2)cc1. The number of nitrogens with one attached hydrogen (secondary N) is 3. The Morgan fingerprint density at radius 3 is 2.38 bits per heavy atom. The first-order chi connectivity index (χ1) is 15.4. The summed E-state index contributed by atoms with van der Waals surface area (Å²) in [6.07, 6.45) is 0. The highest BCUT2D eigenvalue weighted by atomic mass is 16.5. The van der Waals surface area contributed by atoms with Gasteiger partial charge in [0.2, 0.25) is 5.91 Å². The van der Waals surface area contributed by atoms with Crippen LogP contribution in [0.4, 0.5) is 17.1 Å². The van der Waals surface area contributed by atoms with Crippen LogP contribution in [0.5, 0.6) is 5.75 Å². The molecular weight excluding hydrogens is 404 g/mol. The van der Waals surface area contributed by atoms with E-state index in [1.165, 1.54) is 0 Å². The molecular formula is C25H28N4O3. The van der Waals surface area contributed by atoms with Crippen molar-refractivity contribution in [2.45, 2.75) is 6.54 Å². The molecule has 3 aromatic carbocycles. The standard InChI is InChI=1S/C25H28N4O3/c1-29(2)17-24(30)28-20-8-6-7-18(15-20)16-26-25(31)22-9-4-5-10-23(22)27-19-11-13-21(32-3)14-12-19/h4-15,27H,16-17H2,1-3H3,(H,26,31)(H,28,30). The fourth-order valence-electron chi connectivity index (χ4n) is 3.14. The van der Waals surface area contributed by atoms with Gasteiger partial charge in [0, 0.05) is 17.9 Å². The topological polar surface area (TPSA) is 82.7 Å². The molecule has 7 nitrogen and oxygen atoms in total. The highest BCUT2D eigenvalue weighted by Crippen LogP contribution is 2.23. The van der Waals surface area contributed by atoms with Crippen LogP contribution in [0.15, 0.2) is 72.8 Å². The van der Waals surface area contributed by atoms with Gasteiger partial charge in [0.15, 0.2) is 0 Å². The Hall–Kier alpha value is -3.84. The van der Waals surface area contributed by atoms with Crippen molar-refractivity contribution in [3.63, 3.8) is 0 Å². The van der Waals surface area contributed by atoms with Gasteiger partial charge in [-0.15, -0.1) is 0 Å². The van der Waals surface area contributed by atoms with Crippen LogP contribution in [0.3, 0.4) is 0 Å². The predicted octanol–water partition coefficient (Wildman–Crippen LogP) is 3.87. The zero-order valence-corrected chi connectivity index (χ0v) is 18.5. The van der Waals surface area contributed by atoms with Crippen molar-refractivity contribution in [3.8, 4) is 5.75 Å². The van der Waals surface area contributed by atoms with E-state index < -0.39 is 0 Å². The van der Waals surface area contributed by atoms with Gasteiger partial charge in [-0.1, -0.05) is 24.3 Å². The van der Waals surface area contributed by atoms with Crippen LogP contribution in [0.1, 0.15) is 15.9 Å². The smallest absolute Gasteiger partial charge is 0.253 e. The Morgan fingerprint density at radius 1 is 0.906 bits per heavy atom. The lowest BCUT2D eigenvalue weighted by Gasteiger charge is -2.13. The Morgan fingerprint density at radius 2 is 1.66 bits per heavy atom. The van der Waals surface area contributed by atoms with Crippen molar-refractivity contribution in [1.29, 1.82) is 0 Å². The van der Waals surface area contributed by atoms with Gasteiger partial charge in [0.25, 0.3) is 5.91 Å². The van der Waals surface area contributed by atoms with Gasteiger partial charge in [-0.3, -0.25) is 9.59 Å². The minimum absolute atomic E-state index is 0.0882. The van der Waals surface area contributed by atoms with Gasteiger partial charge in [0.1, 0.15) is 5.75 Å². The molecule has 0 heterocycles. The number of ether oxygens (including phenoxy) is 1. The zero-order valence-electron chi connectivity index (χ0n) is 18.5. The average molecular weight is 433 g/mol. The first-order valence-corrected chi connectivity index (χ1v) is 10.3. The van der Waals surface area contributed by atoms with Gasteiger partial charge in [-0.05, 0) is 68.2 Å². The summed E-state index contributed by atoms with van der Waals surface area (Å²) in [5.74, 6) is 0.486. The van der Waals surface area contributed by atoms with Gasteiger partial charge >= 0.3 is 0 Å². The molecule has 32 heavy (non-hydrogen) atoms. The monoisotopic (exact) mass is 432 g/mol. The number of hydrogen-bond donors (Lipinski definition) is 3. The first kappa shape index (κ1) is 22.8. The number of anilines is 3. The first-order valence-electron chi connectivity index (χ1n) is 10.3. The van der Waals surface area contributed by atoms with E-state index in [-0.39, 0.29) is 11.8 Å². The molecule has 0 aliphatic carbocycles. The average Bonchev–Trinajstić information content (AvgIpc) is 2.78. The van der Waals surface area contributed by atoms with Crippen LogP contribution >= 0.6 is 0 Å². The van der Waals surface area contributed by atoms with E-state index in [2.05, 4.69) is 16.0 Å². The van der Waals surface area contributed by atoms with Crippen LogP contribution in [-0.4, -0.2) is 44.5 Å². The number of likely N-dealkylation sites (N-methyl/N-ethyl adjacent to an activating group) is 1. The summed E-state index contributed by atoms with van der Waals surface area (Å²) in [5.41, 5.74) is 3.69. The molecule has 0 radical (unpaired) electrons. The summed E-state index contributed by atoms with van der Waals surface area (Å²) >= 11 is 0. The number of carbonyl (C=O) groups excluding carboxylic acids is 2. The van der Waals surface area contributed by atoms with Gasteiger partial charge < -0.3 is 25.6 Å². The van der Waals surface area contributed by atoms with E-state index in [1.807, 2.05) is 80.8 Å². The Balaban J connectivity index is 1.64. The second kappa shape index (κ2) is 11.0. The highest BCUT2D eigenvalue weighted by molar-refractivity contribution is 6.00. The van der Waals surface area contributed by atoms with Crippen molar-refractivity contribution >= 4 is 28.9 Å². The number of amides is 2. The molecule has 0 aliphatic rings. The quantitative estimate of drug-likeness (QED) is 0.478. The van der Waals surface area contributed by atoms with Crippen LogP contribution in [-0.2, 0) is 11.3 Å². The summed E-state index contributed by atoms with van der Waals surface area (Å²) in [5, 5.41) is 9.10. The fraction of sp³-hybridized carbons (Fsp3) is 0.200. The zero-order chi connectivity index (χ0) is 22.9. The Bertz CT molecular complexity index is 1060. The van der Waals surface area contributed by atoms with E-state index in [1.54, 1.807) is 18.1 Å². The molecule has 0 bridgehead atoms. The molecule has 0 aliphatic heterocycles. The summed E-state index contributed by atoms with van der Waals surface area (Å²) in [4.78, 5) is 26.6. The molecule has 0 atom stereocenters. The van der Waals surface area contributed by atoms with E-state index >= 15 is 0 Å². The largest absolute Gasteiger partial charge is 0.497 e. The lowest BCUT2D eigenvalue weighted by Crippen LogP contribution is -2.27. The normalized spacial score (nSPS) is 10.5. The third-order valence-electron chi connectivity index (χ3n) is 4.66. The molecule has 166 valence electrons. The third-order valence-corrected chi connectivity index (χ3v) is 4.66. The number of nitrogens with zero attached hydrogens (tertiary/aromatic N) is 1. The van der Waals surface area contributed by atoms with Crippen molar-refractivity contribution in [2.75, 3.05) is 38.4 Å². The maximum Gasteiger partial charge on any atom is 0.253 e. The van der Waals surface area contributed by atoms with Crippen LogP contribution in [0.2, 0.25) is 0 Å². The van der Waals surface area contributed by atoms with Crippen LogP contribution in [0, 0.1) is 0 Å². The number of para-hydroxylation sites is 1. The highest BCUT2D eigenvalue weighted by Gasteiger charge is 2.11. The van der Waals surface area contributed by atoms with E-state index in [4.69, 9.17) is 4.74 Å². The molecule has 3 aromatic rings. The summed E-state index contributed by atoms with van der Waals surface area (Å²) in [7, 11) is 5.30. The minimum Gasteiger partial charge on any atom is -0.497 e. The number of hydrogen-bond acceptors (Lipinski definition) is 5. The number of rotatable bonds is 9. The molecule has 0 saturated carbocycles. The predicted molar refractivity (Wildman–Crippen MR) is 128 cm³/mol.